The molecule has 0 aliphatic heterocycles. The zero-order chi connectivity index (χ0) is 8.81. The molecule has 0 aliphatic rings. The first-order valence-electron chi connectivity index (χ1n) is 3.51. The Hall–Kier alpha value is -1.82. The Kier molecular flexibility index (Phi) is 2.86. The number of hydrogen-bond acceptors (Lipinski definition) is 2. The summed E-state index contributed by atoms with van der Waals surface area (Å²) in [5, 5.41) is 14.1. The van der Waals surface area contributed by atoms with Crippen LogP contribution in [-0.2, 0) is 0 Å². The zero-order valence-electron chi connectivity index (χ0n) is 6.69. The smallest absolute Gasteiger partial charge is 0.339 e. The Morgan fingerprint density at radius 1 is 1.42 bits per heavy atom. The van der Waals surface area contributed by atoms with Crippen LogP contribution in [-0.4, -0.2) is 10.7 Å². The lowest BCUT2D eigenvalue weighted by Crippen LogP contribution is -1.97. The van der Waals surface area contributed by atoms with Crippen LogP contribution in [0.15, 0.2) is 41.2 Å². The molecular formula is C9H8N2O. The van der Waals surface area contributed by atoms with Crippen LogP contribution < -0.4 is 5.11 Å². The lowest BCUT2D eigenvalue weighted by molar-refractivity contribution is -0.300. The maximum Gasteiger partial charge on any atom is 0.339 e. The van der Waals surface area contributed by atoms with Crippen LogP contribution in [0.25, 0.3) is 0 Å². The molecule has 60 valence electrons. The monoisotopic (exact) mass is 160 g/mol. The van der Waals surface area contributed by atoms with Gasteiger partial charge in [0, 0.05) is 5.76 Å². The number of rotatable bonds is 1. The quantitative estimate of drug-likeness (QED) is 0.261. The lowest BCUT2D eigenvalue weighted by atomic mass is 10.3. The third-order valence-corrected chi connectivity index (χ3v) is 1.13. The van der Waals surface area contributed by atoms with Gasteiger partial charge in [-0.3, -0.25) is 0 Å². The van der Waals surface area contributed by atoms with Gasteiger partial charge in [0.05, 0.1) is 0 Å². The van der Waals surface area contributed by atoms with Gasteiger partial charge in [-0.25, -0.2) is 0 Å². The van der Waals surface area contributed by atoms with E-state index in [0.717, 1.165) is 0 Å². The first kappa shape index (κ1) is 8.28. The van der Waals surface area contributed by atoms with Gasteiger partial charge in [-0.05, 0) is 19.1 Å². The second kappa shape index (κ2) is 4.14. The summed E-state index contributed by atoms with van der Waals surface area (Å²) >= 11 is 0. The van der Waals surface area contributed by atoms with E-state index in [4.69, 9.17) is 0 Å². The molecule has 0 N–H and O–H groups in total. The summed E-state index contributed by atoms with van der Waals surface area (Å²) in [5.41, 5.74) is 0.714. The molecule has 12 heavy (non-hydrogen) atoms. The molecule has 0 aliphatic carbocycles. The molecule has 3 heteroatoms. The van der Waals surface area contributed by atoms with Crippen LogP contribution in [0.5, 0.6) is 0 Å². The van der Waals surface area contributed by atoms with E-state index in [9.17, 15) is 5.11 Å². The van der Waals surface area contributed by atoms with E-state index in [0.29, 0.717) is 5.69 Å². The predicted molar refractivity (Wildman–Crippen MR) is 43.0 cm³/mol. The van der Waals surface area contributed by atoms with E-state index in [2.05, 4.69) is 15.8 Å². The number of benzene rings is 1. The maximum atomic E-state index is 10.4. The van der Waals surface area contributed by atoms with Gasteiger partial charge in [-0.2, -0.15) is 0 Å². The van der Waals surface area contributed by atoms with Crippen molar-refractivity contribution in [3.63, 3.8) is 0 Å². The molecule has 3 nitrogen and oxygen atoms in total. The molecule has 0 bridgehead atoms. The van der Waals surface area contributed by atoms with Crippen LogP contribution in [0, 0.1) is 0 Å². The highest BCUT2D eigenvalue weighted by Gasteiger charge is 1.88. The van der Waals surface area contributed by atoms with Crippen LogP contribution in [0.3, 0.4) is 0 Å². The number of hydrogen-bond donors (Lipinski definition) is 0. The van der Waals surface area contributed by atoms with Crippen molar-refractivity contribution in [2.75, 3.05) is 0 Å². The normalized spacial score (nSPS) is 8.08. The van der Waals surface area contributed by atoms with E-state index in [1.165, 1.54) is 6.92 Å². The van der Waals surface area contributed by atoms with E-state index in [-0.39, 0.29) is 5.76 Å². The molecule has 0 atom stereocenters. The fourth-order valence-electron chi connectivity index (χ4n) is 0.648. The Morgan fingerprint density at radius 2 is 2.08 bits per heavy atom. The van der Waals surface area contributed by atoms with Gasteiger partial charge < -0.3 is 5.11 Å². The van der Waals surface area contributed by atoms with Gasteiger partial charge in [-0.1, -0.05) is 18.2 Å². The van der Waals surface area contributed by atoms with Crippen molar-refractivity contribution in [1.29, 1.82) is 0 Å². The molecule has 0 spiro atoms. The SMILES string of the molecule is CC([O-])=C=[N+]=Nc1ccccc1. The Balaban J connectivity index is 2.91. The molecule has 0 radical (unpaired) electrons. The van der Waals surface area contributed by atoms with Crippen molar-refractivity contribution >= 4 is 11.6 Å². The minimum absolute atomic E-state index is 0.227. The topological polar surface area (TPSA) is 49.5 Å². The summed E-state index contributed by atoms with van der Waals surface area (Å²) < 4.78 is 0. The average Bonchev–Trinajstić information content (AvgIpc) is 2.05. The van der Waals surface area contributed by atoms with Gasteiger partial charge >= 0.3 is 5.87 Å². The van der Waals surface area contributed by atoms with Crippen LogP contribution >= 0.6 is 0 Å². The second-order valence-corrected chi connectivity index (χ2v) is 2.20. The molecule has 0 saturated carbocycles. The molecule has 1 rings (SSSR count). The first-order chi connectivity index (χ1) is 5.79. The van der Waals surface area contributed by atoms with Gasteiger partial charge in [0.15, 0.2) is 0 Å². The van der Waals surface area contributed by atoms with Gasteiger partial charge in [-0.15, -0.1) is 0 Å². The standard InChI is InChI=1S/C9H8N2O/c1-8(12)7-10-11-9-5-3-2-4-6-9/h2-6H,1H3. The lowest BCUT2D eigenvalue weighted by Gasteiger charge is -1.85. The average molecular weight is 160 g/mol. The Labute approximate surface area is 70.4 Å². The Bertz CT molecular complexity index is 340. The maximum absolute atomic E-state index is 10.4. The highest BCUT2D eigenvalue weighted by Crippen LogP contribution is 2.06. The summed E-state index contributed by atoms with van der Waals surface area (Å²) in [6.07, 6.45) is 0. The van der Waals surface area contributed by atoms with E-state index in [1.807, 2.05) is 18.2 Å². The van der Waals surface area contributed by atoms with Gasteiger partial charge in [0.1, 0.15) is 15.6 Å². The molecule has 0 unspecified atom stereocenters. The largest absolute Gasteiger partial charge is 0.865 e. The van der Waals surface area contributed by atoms with E-state index in [1.54, 1.807) is 12.1 Å². The van der Waals surface area contributed by atoms with Crippen molar-refractivity contribution in [1.82, 2.24) is 0 Å². The first-order valence-corrected chi connectivity index (χ1v) is 3.51. The Morgan fingerprint density at radius 3 is 2.67 bits per heavy atom. The van der Waals surface area contributed by atoms with Crippen LogP contribution in [0.4, 0.5) is 5.69 Å². The molecule has 0 amide bonds. The van der Waals surface area contributed by atoms with Gasteiger partial charge in [0.25, 0.3) is 0 Å². The highest BCUT2D eigenvalue weighted by atomic mass is 16.3. The molecule has 0 saturated heterocycles. The molecule has 1 aromatic rings. The summed E-state index contributed by atoms with van der Waals surface area (Å²) in [4.78, 5) is 3.47. The summed E-state index contributed by atoms with van der Waals surface area (Å²) in [5.74, 6) is 1.99. The number of nitrogens with zero attached hydrogens (tertiary/aromatic N) is 2. The molecule has 1 aromatic carbocycles. The molecule has 0 fully saturated rings. The van der Waals surface area contributed by atoms with Crippen molar-refractivity contribution < 1.29 is 9.90 Å². The van der Waals surface area contributed by atoms with Crippen molar-refractivity contribution in [2.24, 2.45) is 5.11 Å². The molecule has 0 heterocycles. The molecule has 0 aromatic heterocycles. The van der Waals surface area contributed by atoms with Crippen molar-refractivity contribution in [3.05, 3.63) is 36.1 Å². The number of allylic oxidation sites excluding steroid dienone is 1. The highest BCUT2D eigenvalue weighted by molar-refractivity contribution is 5.46. The minimum Gasteiger partial charge on any atom is -0.865 e. The minimum atomic E-state index is -0.227. The summed E-state index contributed by atoms with van der Waals surface area (Å²) in [6, 6.07) is 9.18. The van der Waals surface area contributed by atoms with Crippen molar-refractivity contribution in [3.8, 4) is 0 Å². The predicted octanol–water partition coefficient (Wildman–Crippen LogP) is 0.912. The third kappa shape index (κ3) is 2.84. The van der Waals surface area contributed by atoms with Crippen LogP contribution in [0.1, 0.15) is 6.92 Å². The van der Waals surface area contributed by atoms with Crippen LogP contribution in [0.2, 0.25) is 0 Å². The third-order valence-electron chi connectivity index (χ3n) is 1.13. The van der Waals surface area contributed by atoms with E-state index >= 15 is 0 Å². The fourth-order valence-corrected chi connectivity index (χ4v) is 0.648. The van der Waals surface area contributed by atoms with E-state index < -0.39 is 0 Å². The summed E-state index contributed by atoms with van der Waals surface area (Å²) in [6.45, 7) is 1.38. The second-order valence-electron chi connectivity index (χ2n) is 2.20. The summed E-state index contributed by atoms with van der Waals surface area (Å²) in [7, 11) is 0. The zero-order valence-corrected chi connectivity index (χ0v) is 6.69. The fraction of sp³-hybridized carbons (Fsp3) is 0.111. The molecular weight excluding hydrogens is 152 g/mol. The van der Waals surface area contributed by atoms with Gasteiger partial charge in [0.2, 0.25) is 0 Å². The van der Waals surface area contributed by atoms with Crippen molar-refractivity contribution in [2.45, 2.75) is 6.92 Å².